The van der Waals surface area contributed by atoms with Crippen molar-refractivity contribution < 1.29 is 13.9 Å². The van der Waals surface area contributed by atoms with E-state index in [1.807, 2.05) is 0 Å². The number of pyridine rings is 1. The lowest BCUT2D eigenvalue weighted by atomic mass is 10.2. The molecule has 0 saturated carbocycles. The fourth-order valence-electron chi connectivity index (χ4n) is 2.40. The molecular weight excluding hydrogens is 297 g/mol. The topological polar surface area (TPSA) is 63.2 Å². The zero-order valence-corrected chi connectivity index (χ0v) is 12.6. The summed E-state index contributed by atoms with van der Waals surface area (Å²) in [7, 11) is 0. The summed E-state index contributed by atoms with van der Waals surface area (Å²) in [6.07, 6.45) is 3.66. The number of rotatable bonds is 5. The van der Waals surface area contributed by atoms with Gasteiger partial charge in [-0.15, -0.1) is 0 Å². The average Bonchev–Trinajstić information content (AvgIpc) is 3.09. The molecule has 23 heavy (non-hydrogen) atoms. The fourth-order valence-corrected chi connectivity index (χ4v) is 2.40. The molecule has 2 aromatic rings. The lowest BCUT2D eigenvalue weighted by Gasteiger charge is -2.11. The lowest BCUT2D eigenvalue weighted by Crippen LogP contribution is -2.31. The third-order valence-electron chi connectivity index (χ3n) is 3.66. The predicted octanol–water partition coefficient (Wildman–Crippen LogP) is 2.87. The molecule has 0 spiro atoms. The summed E-state index contributed by atoms with van der Waals surface area (Å²) < 4.78 is 18.3. The molecule has 1 amide bonds. The molecule has 2 N–H and O–H groups in total. The molecule has 6 heteroatoms. The van der Waals surface area contributed by atoms with Gasteiger partial charge < -0.3 is 15.4 Å². The van der Waals surface area contributed by atoms with Gasteiger partial charge in [-0.1, -0.05) is 0 Å². The van der Waals surface area contributed by atoms with Crippen molar-refractivity contribution in [1.29, 1.82) is 0 Å². The summed E-state index contributed by atoms with van der Waals surface area (Å²) in [5, 5.41) is 5.89. The highest BCUT2D eigenvalue weighted by molar-refractivity contribution is 5.94. The van der Waals surface area contributed by atoms with Crippen molar-refractivity contribution in [2.75, 3.05) is 18.5 Å². The zero-order valence-electron chi connectivity index (χ0n) is 12.6. The molecule has 0 aliphatic carbocycles. The smallest absolute Gasteiger partial charge is 0.252 e. The molecule has 1 aromatic carbocycles. The molecule has 3 rings (SSSR count). The maximum absolute atomic E-state index is 12.9. The third kappa shape index (κ3) is 4.26. The van der Waals surface area contributed by atoms with Crippen molar-refractivity contribution in [3.63, 3.8) is 0 Å². The van der Waals surface area contributed by atoms with Gasteiger partial charge in [-0.05, 0) is 49.2 Å². The minimum absolute atomic E-state index is 0.117. The quantitative estimate of drug-likeness (QED) is 0.890. The molecule has 1 saturated heterocycles. The average molecular weight is 315 g/mol. The van der Waals surface area contributed by atoms with E-state index < -0.39 is 0 Å². The number of ether oxygens (including phenoxy) is 1. The van der Waals surface area contributed by atoms with Gasteiger partial charge >= 0.3 is 0 Å². The van der Waals surface area contributed by atoms with Crippen LogP contribution in [0.15, 0.2) is 42.6 Å². The Morgan fingerprint density at radius 3 is 2.74 bits per heavy atom. The summed E-state index contributed by atoms with van der Waals surface area (Å²) in [5.74, 6) is 0.135. The van der Waals surface area contributed by atoms with Crippen molar-refractivity contribution in [3.8, 4) is 0 Å². The normalized spacial score (nSPS) is 17.0. The summed E-state index contributed by atoms with van der Waals surface area (Å²) in [6, 6.07) is 9.40. The zero-order chi connectivity index (χ0) is 16.1. The molecule has 5 nitrogen and oxygen atoms in total. The molecule has 1 fully saturated rings. The van der Waals surface area contributed by atoms with Gasteiger partial charge in [0.05, 0.1) is 11.7 Å². The van der Waals surface area contributed by atoms with Crippen LogP contribution in [0.4, 0.5) is 15.9 Å². The van der Waals surface area contributed by atoms with Gasteiger partial charge in [-0.2, -0.15) is 0 Å². The Hall–Kier alpha value is -2.47. The Morgan fingerprint density at radius 2 is 2.09 bits per heavy atom. The SMILES string of the molecule is O=C(NCC1CCCO1)c1ccc(Nc2ccc(F)cc2)nc1. The highest BCUT2D eigenvalue weighted by Gasteiger charge is 2.16. The van der Waals surface area contributed by atoms with Gasteiger partial charge in [0.2, 0.25) is 0 Å². The standard InChI is InChI=1S/C17H18FN3O2/c18-13-4-6-14(7-5-13)21-16-8-3-12(10-19-16)17(22)20-11-15-2-1-9-23-15/h3-8,10,15H,1-2,9,11H2,(H,19,21)(H,20,22). The molecule has 1 aromatic heterocycles. The molecule has 1 aliphatic heterocycles. The third-order valence-corrected chi connectivity index (χ3v) is 3.66. The maximum Gasteiger partial charge on any atom is 0.252 e. The maximum atomic E-state index is 12.9. The van der Waals surface area contributed by atoms with Crippen molar-refractivity contribution in [3.05, 3.63) is 54.0 Å². The van der Waals surface area contributed by atoms with E-state index in [1.165, 1.54) is 18.3 Å². The van der Waals surface area contributed by atoms with E-state index >= 15 is 0 Å². The first kappa shape index (κ1) is 15.4. The highest BCUT2D eigenvalue weighted by Crippen LogP contribution is 2.15. The van der Waals surface area contributed by atoms with E-state index in [1.54, 1.807) is 24.3 Å². The Morgan fingerprint density at radius 1 is 1.26 bits per heavy atom. The van der Waals surface area contributed by atoms with Crippen LogP contribution >= 0.6 is 0 Å². The first-order valence-electron chi connectivity index (χ1n) is 7.59. The van der Waals surface area contributed by atoms with E-state index in [-0.39, 0.29) is 17.8 Å². The van der Waals surface area contributed by atoms with Gasteiger partial charge in [-0.25, -0.2) is 9.37 Å². The summed E-state index contributed by atoms with van der Waals surface area (Å²) in [6.45, 7) is 1.29. The molecule has 1 atom stereocenters. The monoisotopic (exact) mass is 315 g/mol. The van der Waals surface area contributed by atoms with Crippen LogP contribution in [0.2, 0.25) is 0 Å². The molecular formula is C17H18FN3O2. The molecule has 1 aliphatic rings. The first-order valence-corrected chi connectivity index (χ1v) is 7.59. The number of carbonyl (C=O) groups excluding carboxylic acids is 1. The summed E-state index contributed by atoms with van der Waals surface area (Å²) in [4.78, 5) is 16.2. The Balaban J connectivity index is 1.55. The van der Waals surface area contributed by atoms with Crippen LogP contribution in [-0.2, 0) is 4.74 Å². The van der Waals surface area contributed by atoms with Crippen molar-refractivity contribution in [1.82, 2.24) is 10.3 Å². The number of halogens is 1. The Labute approximate surface area is 133 Å². The number of hydrogen-bond acceptors (Lipinski definition) is 4. The molecule has 0 bridgehead atoms. The number of hydrogen-bond donors (Lipinski definition) is 2. The summed E-state index contributed by atoms with van der Waals surface area (Å²) in [5.41, 5.74) is 1.22. The minimum Gasteiger partial charge on any atom is -0.376 e. The van der Waals surface area contributed by atoms with Crippen LogP contribution < -0.4 is 10.6 Å². The van der Waals surface area contributed by atoms with E-state index in [2.05, 4.69) is 15.6 Å². The second-order valence-corrected chi connectivity index (χ2v) is 5.41. The Kier molecular flexibility index (Phi) is 4.83. The van der Waals surface area contributed by atoms with Gasteiger partial charge in [0.25, 0.3) is 5.91 Å². The Bertz CT molecular complexity index is 653. The van der Waals surface area contributed by atoms with Crippen molar-refractivity contribution >= 4 is 17.4 Å². The van der Waals surface area contributed by atoms with Crippen molar-refractivity contribution in [2.24, 2.45) is 0 Å². The second kappa shape index (κ2) is 7.19. The van der Waals surface area contributed by atoms with Gasteiger partial charge in [0.1, 0.15) is 11.6 Å². The van der Waals surface area contributed by atoms with Crippen molar-refractivity contribution in [2.45, 2.75) is 18.9 Å². The molecule has 0 radical (unpaired) electrons. The molecule has 2 heterocycles. The van der Waals surface area contributed by atoms with E-state index in [9.17, 15) is 9.18 Å². The number of nitrogens with one attached hydrogen (secondary N) is 2. The molecule has 120 valence electrons. The largest absolute Gasteiger partial charge is 0.376 e. The number of anilines is 2. The van der Waals surface area contributed by atoms with Crippen LogP contribution in [0.5, 0.6) is 0 Å². The first-order chi connectivity index (χ1) is 11.2. The van der Waals surface area contributed by atoms with E-state index in [4.69, 9.17) is 4.74 Å². The van der Waals surface area contributed by atoms with Gasteiger partial charge in [0, 0.05) is 25.0 Å². The second-order valence-electron chi connectivity index (χ2n) is 5.41. The summed E-state index contributed by atoms with van der Waals surface area (Å²) >= 11 is 0. The highest BCUT2D eigenvalue weighted by atomic mass is 19.1. The van der Waals surface area contributed by atoms with Crippen LogP contribution in [0.3, 0.4) is 0 Å². The van der Waals surface area contributed by atoms with E-state index in [0.29, 0.717) is 17.9 Å². The number of aromatic nitrogens is 1. The predicted molar refractivity (Wildman–Crippen MR) is 85.2 cm³/mol. The minimum atomic E-state index is -0.290. The van der Waals surface area contributed by atoms with Crippen LogP contribution in [0.1, 0.15) is 23.2 Å². The lowest BCUT2D eigenvalue weighted by molar-refractivity contribution is 0.0857. The number of carbonyl (C=O) groups is 1. The number of nitrogens with zero attached hydrogens (tertiary/aromatic N) is 1. The fraction of sp³-hybridized carbons (Fsp3) is 0.294. The van der Waals surface area contributed by atoms with Gasteiger partial charge in [-0.3, -0.25) is 4.79 Å². The van der Waals surface area contributed by atoms with E-state index in [0.717, 1.165) is 25.1 Å². The van der Waals surface area contributed by atoms with Crippen LogP contribution in [0.25, 0.3) is 0 Å². The van der Waals surface area contributed by atoms with Gasteiger partial charge in [0.15, 0.2) is 0 Å². The van der Waals surface area contributed by atoms with Crippen LogP contribution in [0, 0.1) is 5.82 Å². The van der Waals surface area contributed by atoms with Crippen LogP contribution in [-0.4, -0.2) is 30.1 Å². The number of benzene rings is 1. The molecule has 1 unspecified atom stereocenters. The number of amides is 1.